The number of hydrogen-bond donors (Lipinski definition) is 2. The fourth-order valence-corrected chi connectivity index (χ4v) is 2.25. The van der Waals surface area contributed by atoms with Crippen LogP contribution < -0.4 is 10.6 Å². The van der Waals surface area contributed by atoms with Crippen LogP contribution >= 0.6 is 15.9 Å². The Morgan fingerprint density at radius 3 is 2.70 bits per heavy atom. The molecule has 1 aliphatic heterocycles. The Morgan fingerprint density at radius 2 is 2.10 bits per heavy atom. The van der Waals surface area contributed by atoms with Crippen LogP contribution in [0.15, 0.2) is 11.1 Å². The lowest BCUT2D eigenvalue weighted by Crippen LogP contribution is -2.49. The summed E-state index contributed by atoms with van der Waals surface area (Å²) in [5, 5.41) is 5.71. The maximum atomic E-state index is 12.0. The highest BCUT2D eigenvalue weighted by Crippen LogP contribution is 2.17. The van der Waals surface area contributed by atoms with Crippen LogP contribution in [0.4, 0.5) is 4.79 Å². The van der Waals surface area contributed by atoms with Gasteiger partial charge < -0.3 is 15.5 Å². The molecule has 20 heavy (non-hydrogen) atoms. The Bertz CT molecular complexity index is 371. The molecule has 0 spiro atoms. The molecule has 0 aromatic rings. The van der Waals surface area contributed by atoms with Crippen molar-refractivity contribution in [1.82, 2.24) is 15.5 Å². The standard InChI is InChI=1S/C14H24BrN3O2/c1-10(2)7-17-14(20)18-6-4-5-12(9-18)13(19)16-8-11(3)15/h10,12H,3-9H2,1-2H3,(H,16,19)(H,17,20). The van der Waals surface area contributed by atoms with Crippen LogP contribution in [0.3, 0.4) is 0 Å². The van der Waals surface area contributed by atoms with E-state index in [0.717, 1.165) is 23.9 Å². The quantitative estimate of drug-likeness (QED) is 0.801. The Kier molecular flexibility index (Phi) is 7.05. The fourth-order valence-electron chi connectivity index (χ4n) is 2.11. The lowest BCUT2D eigenvalue weighted by Gasteiger charge is -2.32. The third kappa shape index (κ3) is 5.94. The molecule has 1 heterocycles. The third-order valence-electron chi connectivity index (χ3n) is 3.20. The van der Waals surface area contributed by atoms with Crippen molar-refractivity contribution in [3.63, 3.8) is 0 Å². The van der Waals surface area contributed by atoms with Gasteiger partial charge in [0.1, 0.15) is 0 Å². The number of urea groups is 1. The average molecular weight is 346 g/mol. The molecule has 0 radical (unpaired) electrons. The molecule has 6 heteroatoms. The molecule has 5 nitrogen and oxygen atoms in total. The molecule has 0 aliphatic carbocycles. The van der Waals surface area contributed by atoms with Crippen molar-refractivity contribution in [2.45, 2.75) is 26.7 Å². The number of likely N-dealkylation sites (tertiary alicyclic amines) is 1. The number of hydrogen-bond acceptors (Lipinski definition) is 2. The van der Waals surface area contributed by atoms with Crippen LogP contribution in [0.1, 0.15) is 26.7 Å². The molecule has 1 saturated heterocycles. The van der Waals surface area contributed by atoms with Crippen LogP contribution in [-0.4, -0.2) is 43.0 Å². The van der Waals surface area contributed by atoms with Crippen LogP contribution in [0.5, 0.6) is 0 Å². The summed E-state index contributed by atoms with van der Waals surface area (Å²) in [5.41, 5.74) is 0. The van der Waals surface area contributed by atoms with E-state index in [-0.39, 0.29) is 17.9 Å². The average Bonchev–Trinajstić information content (AvgIpc) is 2.42. The molecule has 1 rings (SSSR count). The first-order valence-corrected chi connectivity index (χ1v) is 7.83. The number of nitrogens with one attached hydrogen (secondary N) is 2. The monoisotopic (exact) mass is 345 g/mol. The zero-order valence-corrected chi connectivity index (χ0v) is 13.8. The summed E-state index contributed by atoms with van der Waals surface area (Å²) in [4.78, 5) is 25.7. The van der Waals surface area contributed by atoms with Gasteiger partial charge in [-0.1, -0.05) is 36.4 Å². The zero-order chi connectivity index (χ0) is 15.1. The smallest absolute Gasteiger partial charge is 0.317 e. The summed E-state index contributed by atoms with van der Waals surface area (Å²) in [7, 11) is 0. The molecule has 1 atom stereocenters. The van der Waals surface area contributed by atoms with Gasteiger partial charge in [-0.2, -0.15) is 0 Å². The van der Waals surface area contributed by atoms with E-state index in [4.69, 9.17) is 0 Å². The first-order valence-electron chi connectivity index (χ1n) is 7.04. The van der Waals surface area contributed by atoms with Gasteiger partial charge >= 0.3 is 6.03 Å². The summed E-state index contributed by atoms with van der Waals surface area (Å²) >= 11 is 3.21. The first-order chi connectivity index (χ1) is 9.40. The van der Waals surface area contributed by atoms with E-state index in [0.29, 0.717) is 25.6 Å². The molecule has 0 aromatic carbocycles. The van der Waals surface area contributed by atoms with E-state index < -0.39 is 0 Å². The number of amides is 3. The summed E-state index contributed by atoms with van der Waals surface area (Å²) in [5.74, 6) is 0.292. The van der Waals surface area contributed by atoms with Crippen LogP contribution in [0.25, 0.3) is 0 Å². The van der Waals surface area contributed by atoms with Gasteiger partial charge in [-0.05, 0) is 18.8 Å². The van der Waals surface area contributed by atoms with Crippen molar-refractivity contribution in [3.05, 3.63) is 11.1 Å². The first kappa shape index (κ1) is 17.0. The Hall–Kier alpha value is -1.04. The van der Waals surface area contributed by atoms with Crippen molar-refractivity contribution in [2.75, 3.05) is 26.2 Å². The summed E-state index contributed by atoms with van der Waals surface area (Å²) in [6, 6.07) is -0.0684. The van der Waals surface area contributed by atoms with Gasteiger partial charge in [-0.3, -0.25) is 4.79 Å². The molecular weight excluding hydrogens is 322 g/mol. The predicted octanol–water partition coefficient (Wildman–Crippen LogP) is 2.09. The summed E-state index contributed by atoms with van der Waals surface area (Å²) < 4.78 is 0.744. The van der Waals surface area contributed by atoms with Crippen molar-refractivity contribution < 1.29 is 9.59 Å². The lowest BCUT2D eigenvalue weighted by molar-refractivity contribution is -0.126. The maximum Gasteiger partial charge on any atom is 0.317 e. The molecule has 0 aromatic heterocycles. The van der Waals surface area contributed by atoms with Gasteiger partial charge in [0, 0.05) is 30.7 Å². The largest absolute Gasteiger partial charge is 0.351 e. The highest BCUT2D eigenvalue weighted by molar-refractivity contribution is 9.11. The van der Waals surface area contributed by atoms with Gasteiger partial charge in [0.05, 0.1) is 5.92 Å². The zero-order valence-electron chi connectivity index (χ0n) is 12.2. The molecular formula is C14H24BrN3O2. The topological polar surface area (TPSA) is 61.4 Å². The molecule has 114 valence electrons. The number of carbonyl (C=O) groups is 2. The molecule has 0 saturated carbocycles. The van der Waals surface area contributed by atoms with E-state index in [1.807, 2.05) is 0 Å². The Morgan fingerprint density at radius 1 is 1.40 bits per heavy atom. The number of nitrogens with zero attached hydrogens (tertiary/aromatic N) is 1. The van der Waals surface area contributed by atoms with E-state index in [1.54, 1.807) is 4.90 Å². The predicted molar refractivity (Wildman–Crippen MR) is 83.6 cm³/mol. The SMILES string of the molecule is C=C(Br)CNC(=O)C1CCCN(C(=O)NCC(C)C)C1. The summed E-state index contributed by atoms with van der Waals surface area (Å²) in [6.45, 7) is 10.1. The molecule has 3 amide bonds. The lowest BCUT2D eigenvalue weighted by atomic mass is 9.97. The normalized spacial score (nSPS) is 18.8. The van der Waals surface area contributed by atoms with E-state index in [2.05, 4.69) is 47.0 Å². The fraction of sp³-hybridized carbons (Fsp3) is 0.714. The van der Waals surface area contributed by atoms with Crippen molar-refractivity contribution in [1.29, 1.82) is 0 Å². The third-order valence-corrected chi connectivity index (χ3v) is 3.48. The van der Waals surface area contributed by atoms with Crippen molar-refractivity contribution in [3.8, 4) is 0 Å². The highest BCUT2D eigenvalue weighted by Gasteiger charge is 2.28. The second-order valence-corrected chi connectivity index (χ2v) is 6.72. The number of halogens is 1. The van der Waals surface area contributed by atoms with Crippen LogP contribution in [0, 0.1) is 11.8 Å². The molecule has 1 unspecified atom stereocenters. The number of carbonyl (C=O) groups excluding carboxylic acids is 2. The highest BCUT2D eigenvalue weighted by atomic mass is 79.9. The van der Waals surface area contributed by atoms with Crippen molar-refractivity contribution >= 4 is 27.9 Å². The van der Waals surface area contributed by atoms with Crippen molar-refractivity contribution in [2.24, 2.45) is 11.8 Å². The second kappa shape index (κ2) is 8.29. The van der Waals surface area contributed by atoms with Gasteiger partial charge in [-0.25, -0.2) is 4.79 Å². The molecule has 1 aliphatic rings. The molecule has 1 fully saturated rings. The minimum Gasteiger partial charge on any atom is -0.351 e. The number of piperidine rings is 1. The molecule has 2 N–H and O–H groups in total. The van der Waals surface area contributed by atoms with Gasteiger partial charge in [0.25, 0.3) is 0 Å². The van der Waals surface area contributed by atoms with Gasteiger partial charge in [0.15, 0.2) is 0 Å². The molecule has 0 bridgehead atoms. The minimum atomic E-state index is -0.125. The van der Waals surface area contributed by atoms with E-state index in [1.165, 1.54) is 0 Å². The van der Waals surface area contributed by atoms with Crippen LogP contribution in [0.2, 0.25) is 0 Å². The maximum absolute atomic E-state index is 12.0. The van der Waals surface area contributed by atoms with Crippen LogP contribution in [-0.2, 0) is 4.79 Å². The van der Waals surface area contributed by atoms with E-state index in [9.17, 15) is 9.59 Å². The van der Waals surface area contributed by atoms with E-state index >= 15 is 0 Å². The second-order valence-electron chi connectivity index (χ2n) is 5.60. The minimum absolute atomic E-state index is 0.00744. The Balaban J connectivity index is 2.43. The van der Waals surface area contributed by atoms with Gasteiger partial charge in [0.2, 0.25) is 5.91 Å². The number of rotatable bonds is 5. The van der Waals surface area contributed by atoms with Gasteiger partial charge in [-0.15, -0.1) is 0 Å². The summed E-state index contributed by atoms with van der Waals surface area (Å²) in [6.07, 6.45) is 1.69. The Labute approximate surface area is 129 Å².